The lowest BCUT2D eigenvalue weighted by Gasteiger charge is -2.24. The lowest BCUT2D eigenvalue weighted by molar-refractivity contribution is -0.148. The number of hydrazone groups is 1. The minimum atomic E-state index is -2.08. The van der Waals surface area contributed by atoms with Gasteiger partial charge in [0.15, 0.2) is 11.9 Å². The zero-order valence-corrected chi connectivity index (χ0v) is 9.59. The molecule has 0 aromatic rings. The van der Waals surface area contributed by atoms with Crippen LogP contribution in [-0.2, 0) is 9.59 Å². The van der Waals surface area contributed by atoms with Gasteiger partial charge in [-0.2, -0.15) is 5.10 Å². The van der Waals surface area contributed by atoms with Crippen molar-refractivity contribution in [1.29, 1.82) is 0 Å². The third kappa shape index (κ3) is 5.29. The Kier molecular flexibility index (Phi) is 7.24. The first-order valence-corrected chi connectivity index (χ1v) is 4.97. The van der Waals surface area contributed by atoms with E-state index in [-0.39, 0.29) is 0 Å². The number of hydrogen-bond acceptors (Lipinski definition) is 8. The van der Waals surface area contributed by atoms with Crippen LogP contribution in [0.25, 0.3) is 0 Å². The van der Waals surface area contributed by atoms with Gasteiger partial charge in [-0.05, 0) is 0 Å². The van der Waals surface area contributed by atoms with Gasteiger partial charge in [0.1, 0.15) is 18.3 Å². The number of nitrogens with one attached hydrogen (secondary N) is 1. The Hall–Kier alpha value is -1.39. The molecular weight excluding hydrogens is 248 g/mol. The van der Waals surface area contributed by atoms with Crippen molar-refractivity contribution in [2.24, 2.45) is 5.10 Å². The number of ketones is 1. The minimum Gasteiger partial charge on any atom is -0.394 e. The van der Waals surface area contributed by atoms with E-state index in [1.165, 1.54) is 6.92 Å². The van der Waals surface area contributed by atoms with Crippen molar-refractivity contribution in [2.45, 2.75) is 31.3 Å². The highest BCUT2D eigenvalue weighted by Crippen LogP contribution is 2.05. The summed E-state index contributed by atoms with van der Waals surface area (Å²) in [6.45, 7) is 0.331. The first-order chi connectivity index (χ1) is 8.31. The van der Waals surface area contributed by atoms with Crippen LogP contribution in [0.15, 0.2) is 5.10 Å². The van der Waals surface area contributed by atoms with Crippen molar-refractivity contribution in [3.05, 3.63) is 0 Å². The van der Waals surface area contributed by atoms with Crippen LogP contribution >= 0.6 is 0 Å². The molecule has 1 amide bonds. The van der Waals surface area contributed by atoms with E-state index < -0.39 is 42.7 Å². The third-order valence-corrected chi connectivity index (χ3v) is 1.94. The molecule has 0 bridgehead atoms. The predicted molar refractivity (Wildman–Crippen MR) is 58.4 cm³/mol. The molecule has 0 saturated carbocycles. The van der Waals surface area contributed by atoms with Gasteiger partial charge in [-0.1, -0.05) is 0 Å². The number of rotatable bonds is 7. The summed E-state index contributed by atoms with van der Waals surface area (Å²) in [5.74, 6) is -1.62. The zero-order chi connectivity index (χ0) is 14.3. The molecular formula is C9H16N2O7. The van der Waals surface area contributed by atoms with Gasteiger partial charge in [0.05, 0.1) is 12.8 Å². The fourth-order valence-electron chi connectivity index (χ4n) is 0.930. The molecule has 0 saturated heterocycles. The van der Waals surface area contributed by atoms with Crippen molar-refractivity contribution in [3.63, 3.8) is 0 Å². The van der Waals surface area contributed by atoms with E-state index in [4.69, 9.17) is 10.2 Å². The molecule has 9 nitrogen and oxygen atoms in total. The van der Waals surface area contributed by atoms with E-state index in [0.29, 0.717) is 0 Å². The number of amides is 1. The average Bonchev–Trinajstić information content (AvgIpc) is 2.34. The molecule has 0 aliphatic carbocycles. The summed E-state index contributed by atoms with van der Waals surface area (Å²) in [5, 5.41) is 48.5. The fourth-order valence-corrected chi connectivity index (χ4v) is 0.930. The molecule has 0 aromatic carbocycles. The van der Waals surface area contributed by atoms with Crippen LogP contribution in [-0.4, -0.2) is 74.5 Å². The fraction of sp³-hybridized carbons (Fsp3) is 0.667. The van der Waals surface area contributed by atoms with Crippen LogP contribution < -0.4 is 5.43 Å². The summed E-state index contributed by atoms with van der Waals surface area (Å²) in [6, 6.07) is 0. The van der Waals surface area contributed by atoms with Gasteiger partial charge in [0, 0.05) is 6.92 Å². The maximum atomic E-state index is 11.2. The lowest BCUT2D eigenvalue weighted by Crippen LogP contribution is -2.51. The van der Waals surface area contributed by atoms with Crippen molar-refractivity contribution < 1.29 is 35.1 Å². The summed E-state index contributed by atoms with van der Waals surface area (Å²) < 4.78 is 0. The summed E-state index contributed by atoms with van der Waals surface area (Å²) in [6.07, 6.45) is -6.93. The van der Waals surface area contributed by atoms with E-state index in [1.807, 2.05) is 0 Å². The zero-order valence-electron chi connectivity index (χ0n) is 9.59. The smallest absolute Gasteiger partial charge is 0.271 e. The molecule has 4 atom stereocenters. The topological polar surface area (TPSA) is 160 Å². The van der Waals surface area contributed by atoms with Gasteiger partial charge in [0.2, 0.25) is 0 Å². The summed E-state index contributed by atoms with van der Waals surface area (Å²) >= 11 is 0. The Morgan fingerprint density at radius 1 is 1.22 bits per heavy atom. The van der Waals surface area contributed by atoms with Crippen LogP contribution in [0.4, 0.5) is 0 Å². The average molecular weight is 264 g/mol. The van der Waals surface area contributed by atoms with Gasteiger partial charge >= 0.3 is 0 Å². The Morgan fingerprint density at radius 3 is 2.22 bits per heavy atom. The molecule has 9 heteroatoms. The highest BCUT2D eigenvalue weighted by atomic mass is 16.4. The van der Waals surface area contributed by atoms with Gasteiger partial charge < -0.3 is 25.5 Å². The molecule has 0 aliphatic heterocycles. The maximum absolute atomic E-state index is 11.2. The number of Topliss-reactive ketones (excluding diaryl/α,β-unsaturated/α-hetero) is 1. The summed E-state index contributed by atoms with van der Waals surface area (Å²) in [7, 11) is 0. The van der Waals surface area contributed by atoms with Crippen molar-refractivity contribution in [2.75, 3.05) is 6.61 Å². The Bertz CT molecular complexity index is 320. The molecule has 0 heterocycles. The van der Waals surface area contributed by atoms with E-state index in [1.54, 1.807) is 5.43 Å². The second-order valence-corrected chi connectivity index (χ2v) is 3.52. The number of hydrogen-bond donors (Lipinski definition) is 6. The molecule has 0 aliphatic rings. The second kappa shape index (κ2) is 7.84. The Labute approximate surface area is 102 Å². The number of aliphatic hydroxyl groups is 5. The molecule has 0 spiro atoms. The quantitative estimate of drug-likeness (QED) is 0.202. The molecule has 104 valence electrons. The molecule has 0 radical (unpaired) electrons. The molecule has 18 heavy (non-hydrogen) atoms. The van der Waals surface area contributed by atoms with Gasteiger partial charge in [0.25, 0.3) is 5.91 Å². The predicted octanol–water partition coefficient (Wildman–Crippen LogP) is -3.89. The number of carbonyl (C=O) groups is 2. The lowest BCUT2D eigenvalue weighted by atomic mass is 10.0. The third-order valence-electron chi connectivity index (χ3n) is 1.94. The van der Waals surface area contributed by atoms with Crippen LogP contribution in [0.5, 0.6) is 0 Å². The maximum Gasteiger partial charge on any atom is 0.271 e. The van der Waals surface area contributed by atoms with Crippen molar-refractivity contribution in [1.82, 2.24) is 5.43 Å². The molecule has 0 rings (SSSR count). The van der Waals surface area contributed by atoms with Crippen LogP contribution in [0.1, 0.15) is 6.92 Å². The highest BCUT2D eigenvalue weighted by molar-refractivity contribution is 6.26. The van der Waals surface area contributed by atoms with Gasteiger partial charge in [-0.25, -0.2) is 5.43 Å². The minimum absolute atomic E-state index is 0.443. The second-order valence-electron chi connectivity index (χ2n) is 3.52. The van der Waals surface area contributed by atoms with Gasteiger partial charge in [-0.15, -0.1) is 0 Å². The standard InChI is InChI=1S/C9H16N2O7/c1-4(13)2-10-11-9(18)8(17)7(16)6(15)5(14)3-12/h2,5-8,12,14-17H,3H2,1H3,(H,11,18)/b10-2+. The number of carbonyl (C=O) groups excluding carboxylic acids is 2. The molecule has 0 fully saturated rings. The van der Waals surface area contributed by atoms with Crippen LogP contribution in [0.3, 0.4) is 0 Å². The van der Waals surface area contributed by atoms with E-state index in [9.17, 15) is 24.9 Å². The normalized spacial score (nSPS) is 18.1. The first-order valence-electron chi connectivity index (χ1n) is 4.97. The highest BCUT2D eigenvalue weighted by Gasteiger charge is 2.34. The van der Waals surface area contributed by atoms with Crippen molar-refractivity contribution in [3.8, 4) is 0 Å². The van der Waals surface area contributed by atoms with Crippen molar-refractivity contribution >= 4 is 17.9 Å². The van der Waals surface area contributed by atoms with E-state index >= 15 is 0 Å². The number of aliphatic hydroxyl groups excluding tert-OH is 5. The summed E-state index contributed by atoms with van der Waals surface area (Å²) in [4.78, 5) is 21.6. The van der Waals surface area contributed by atoms with Crippen LogP contribution in [0.2, 0.25) is 0 Å². The van der Waals surface area contributed by atoms with Crippen LogP contribution in [0, 0.1) is 0 Å². The first kappa shape index (κ1) is 16.6. The summed E-state index contributed by atoms with van der Waals surface area (Å²) in [5.41, 5.74) is 1.75. The number of nitrogens with zero attached hydrogens (tertiary/aromatic N) is 1. The monoisotopic (exact) mass is 264 g/mol. The molecule has 6 N–H and O–H groups in total. The molecule has 0 aromatic heterocycles. The van der Waals surface area contributed by atoms with E-state index in [0.717, 1.165) is 6.21 Å². The largest absolute Gasteiger partial charge is 0.394 e. The Balaban J connectivity index is 4.40. The molecule has 4 unspecified atom stereocenters. The Morgan fingerprint density at radius 2 is 1.78 bits per heavy atom. The SMILES string of the molecule is CC(=O)/C=N/NC(=O)C(O)C(O)C(O)C(O)CO. The van der Waals surface area contributed by atoms with Gasteiger partial charge in [-0.3, -0.25) is 9.59 Å². The van der Waals surface area contributed by atoms with E-state index in [2.05, 4.69) is 5.10 Å².